The van der Waals surface area contributed by atoms with Crippen LogP contribution in [0.1, 0.15) is 40.5 Å². The summed E-state index contributed by atoms with van der Waals surface area (Å²) in [7, 11) is 0. The first kappa shape index (κ1) is 14.8. The summed E-state index contributed by atoms with van der Waals surface area (Å²) < 4.78 is 0. The topological polar surface area (TPSA) is 81.8 Å². The Morgan fingerprint density at radius 2 is 2.09 bits per heavy atom. The molecule has 1 aromatic carbocycles. The fraction of sp³-hybridized carbons (Fsp3) is 0.400. The maximum absolute atomic E-state index is 12.5. The first-order chi connectivity index (χ1) is 10.5. The first-order valence-corrected chi connectivity index (χ1v) is 7.62. The second-order valence-corrected chi connectivity index (χ2v) is 6.02. The summed E-state index contributed by atoms with van der Waals surface area (Å²) in [5.41, 5.74) is 1.28. The molecule has 1 aromatic heterocycles. The van der Waals surface area contributed by atoms with Gasteiger partial charge in [0.15, 0.2) is 0 Å². The average molecular weight is 321 g/mol. The highest BCUT2D eigenvalue weighted by atomic mass is 35.5. The van der Waals surface area contributed by atoms with Crippen molar-refractivity contribution in [3.8, 4) is 0 Å². The predicted molar refractivity (Wildman–Crippen MR) is 83.3 cm³/mol. The van der Waals surface area contributed by atoms with E-state index in [2.05, 4.69) is 15.2 Å². The molecule has 1 aliphatic rings. The van der Waals surface area contributed by atoms with Crippen molar-refractivity contribution in [1.29, 1.82) is 0 Å². The number of H-pyrrole nitrogens is 2. The molecule has 0 saturated carbocycles. The number of piperidine rings is 1. The molecule has 0 radical (unpaired) electrons. The molecular weight excluding hydrogens is 304 g/mol. The van der Waals surface area contributed by atoms with E-state index in [1.807, 2.05) is 13.0 Å². The number of halogens is 1. The van der Waals surface area contributed by atoms with Crippen molar-refractivity contribution in [1.82, 2.24) is 20.1 Å². The third kappa shape index (κ3) is 2.92. The van der Waals surface area contributed by atoms with Crippen LogP contribution in [0.3, 0.4) is 0 Å². The minimum absolute atomic E-state index is 0.0426. The molecule has 0 bridgehead atoms. The summed E-state index contributed by atoms with van der Waals surface area (Å²) in [6, 6.07) is 5.47. The number of hydrogen-bond acceptors (Lipinski definition) is 3. The summed E-state index contributed by atoms with van der Waals surface area (Å²) in [6.45, 7) is 3.20. The fourth-order valence-corrected chi connectivity index (χ4v) is 3.11. The number of nitrogens with zero attached hydrogens (tertiary/aromatic N) is 2. The number of carbonyl (C=O) groups excluding carboxylic acids is 1. The number of benzene rings is 1. The lowest BCUT2D eigenvalue weighted by Gasteiger charge is -2.31. The summed E-state index contributed by atoms with van der Waals surface area (Å²) >= 11 is 6.17. The smallest absolute Gasteiger partial charge is 0.339 e. The van der Waals surface area contributed by atoms with Crippen LogP contribution in [0.2, 0.25) is 5.02 Å². The molecule has 2 N–H and O–H groups in total. The molecule has 1 saturated heterocycles. The van der Waals surface area contributed by atoms with Gasteiger partial charge in [0.05, 0.1) is 10.6 Å². The third-order valence-electron chi connectivity index (χ3n) is 4.04. The molecule has 1 fully saturated rings. The Hall–Kier alpha value is -2.08. The van der Waals surface area contributed by atoms with Gasteiger partial charge in [0, 0.05) is 19.0 Å². The van der Waals surface area contributed by atoms with Crippen molar-refractivity contribution in [2.75, 3.05) is 13.1 Å². The van der Waals surface area contributed by atoms with Gasteiger partial charge in [-0.25, -0.2) is 9.89 Å². The summed E-state index contributed by atoms with van der Waals surface area (Å²) in [6.07, 6.45) is 1.55. The average Bonchev–Trinajstić information content (AvgIpc) is 2.93. The van der Waals surface area contributed by atoms with Gasteiger partial charge in [0.1, 0.15) is 5.82 Å². The van der Waals surface area contributed by atoms with Gasteiger partial charge in [-0.1, -0.05) is 17.7 Å². The van der Waals surface area contributed by atoms with E-state index >= 15 is 0 Å². The van der Waals surface area contributed by atoms with E-state index in [4.69, 9.17) is 11.6 Å². The van der Waals surface area contributed by atoms with Crippen LogP contribution in [-0.4, -0.2) is 39.1 Å². The van der Waals surface area contributed by atoms with Crippen LogP contribution in [0.5, 0.6) is 0 Å². The van der Waals surface area contributed by atoms with Crippen molar-refractivity contribution >= 4 is 17.5 Å². The molecule has 22 heavy (non-hydrogen) atoms. The number of aromatic nitrogens is 3. The highest BCUT2D eigenvalue weighted by molar-refractivity contribution is 6.33. The number of likely N-dealkylation sites (tertiary alicyclic amines) is 1. The molecule has 7 heteroatoms. The second-order valence-electron chi connectivity index (χ2n) is 5.61. The molecule has 1 amide bonds. The van der Waals surface area contributed by atoms with Crippen molar-refractivity contribution in [3.63, 3.8) is 0 Å². The van der Waals surface area contributed by atoms with E-state index in [0.29, 0.717) is 29.5 Å². The Kier molecular flexibility index (Phi) is 4.02. The molecule has 0 spiro atoms. The van der Waals surface area contributed by atoms with E-state index in [1.165, 1.54) is 0 Å². The normalized spacial score (nSPS) is 16.0. The highest BCUT2D eigenvalue weighted by Crippen LogP contribution is 2.27. The fourth-order valence-electron chi connectivity index (χ4n) is 2.80. The SMILES string of the molecule is Cc1ccc(C(=O)N2CCC(c3n[nH]c(=O)[nH]3)CC2)c(Cl)c1. The largest absolute Gasteiger partial charge is 0.340 e. The minimum atomic E-state index is -0.292. The maximum Gasteiger partial charge on any atom is 0.340 e. The van der Waals surface area contributed by atoms with Gasteiger partial charge in [0.2, 0.25) is 0 Å². The van der Waals surface area contributed by atoms with Gasteiger partial charge in [-0.05, 0) is 37.5 Å². The van der Waals surface area contributed by atoms with Crippen molar-refractivity contribution in [2.24, 2.45) is 0 Å². The van der Waals surface area contributed by atoms with Crippen LogP contribution in [0.25, 0.3) is 0 Å². The number of carbonyl (C=O) groups is 1. The molecular formula is C15H17ClN4O2. The van der Waals surface area contributed by atoms with E-state index in [9.17, 15) is 9.59 Å². The van der Waals surface area contributed by atoms with Gasteiger partial charge in [0.25, 0.3) is 5.91 Å². The number of nitrogens with one attached hydrogen (secondary N) is 2. The van der Waals surface area contributed by atoms with Crippen LogP contribution in [-0.2, 0) is 0 Å². The van der Waals surface area contributed by atoms with Crippen molar-refractivity contribution in [3.05, 3.63) is 50.7 Å². The Labute approximate surface area is 132 Å². The molecule has 6 nitrogen and oxygen atoms in total. The zero-order valence-electron chi connectivity index (χ0n) is 12.2. The van der Waals surface area contributed by atoms with Crippen LogP contribution in [0.4, 0.5) is 0 Å². The van der Waals surface area contributed by atoms with E-state index in [1.54, 1.807) is 17.0 Å². The molecule has 0 atom stereocenters. The Balaban J connectivity index is 1.68. The van der Waals surface area contributed by atoms with Crippen molar-refractivity contribution < 1.29 is 4.79 Å². The van der Waals surface area contributed by atoms with E-state index in [0.717, 1.165) is 18.4 Å². The summed E-state index contributed by atoms with van der Waals surface area (Å²) in [5.74, 6) is 0.806. The monoisotopic (exact) mass is 320 g/mol. The molecule has 2 aromatic rings. The molecule has 116 valence electrons. The lowest BCUT2D eigenvalue weighted by atomic mass is 9.95. The van der Waals surface area contributed by atoms with Gasteiger partial charge < -0.3 is 4.90 Å². The van der Waals surface area contributed by atoms with Crippen molar-refractivity contribution in [2.45, 2.75) is 25.7 Å². The van der Waals surface area contributed by atoms with Crippen LogP contribution >= 0.6 is 11.6 Å². The van der Waals surface area contributed by atoms with Gasteiger partial charge in [-0.3, -0.25) is 9.78 Å². The third-order valence-corrected chi connectivity index (χ3v) is 4.36. The number of amides is 1. The van der Waals surface area contributed by atoms with E-state index < -0.39 is 0 Å². The lowest BCUT2D eigenvalue weighted by Crippen LogP contribution is -2.38. The van der Waals surface area contributed by atoms with Gasteiger partial charge in [-0.15, -0.1) is 0 Å². The zero-order chi connectivity index (χ0) is 15.7. The Morgan fingerprint density at radius 1 is 1.36 bits per heavy atom. The Morgan fingerprint density at radius 3 is 2.68 bits per heavy atom. The minimum Gasteiger partial charge on any atom is -0.339 e. The zero-order valence-corrected chi connectivity index (χ0v) is 13.0. The lowest BCUT2D eigenvalue weighted by molar-refractivity contribution is 0.0711. The summed E-state index contributed by atoms with van der Waals surface area (Å²) in [4.78, 5) is 28.1. The molecule has 3 rings (SSSR count). The van der Waals surface area contributed by atoms with Gasteiger partial charge in [-0.2, -0.15) is 5.10 Å². The number of rotatable bonds is 2. The standard InChI is InChI=1S/C15H17ClN4O2/c1-9-2-3-11(12(16)8-9)14(21)20-6-4-10(5-7-20)13-17-15(22)19-18-13/h2-3,8,10H,4-7H2,1H3,(H2,17,18,19,22). The van der Waals surface area contributed by atoms with Gasteiger partial charge >= 0.3 is 5.69 Å². The number of aryl methyl sites for hydroxylation is 1. The predicted octanol–water partition coefficient (Wildman–Crippen LogP) is 2.08. The Bertz CT molecular complexity index is 744. The summed E-state index contributed by atoms with van der Waals surface area (Å²) in [5, 5.41) is 6.84. The van der Waals surface area contributed by atoms with E-state index in [-0.39, 0.29) is 17.5 Å². The highest BCUT2D eigenvalue weighted by Gasteiger charge is 2.27. The number of hydrogen-bond donors (Lipinski definition) is 2. The van der Waals surface area contributed by atoms with Crippen LogP contribution < -0.4 is 5.69 Å². The number of aromatic amines is 2. The molecule has 1 aliphatic heterocycles. The molecule has 2 heterocycles. The maximum atomic E-state index is 12.5. The first-order valence-electron chi connectivity index (χ1n) is 7.24. The quantitative estimate of drug-likeness (QED) is 0.888. The molecule has 0 unspecified atom stereocenters. The van der Waals surface area contributed by atoms with Crippen LogP contribution in [0, 0.1) is 6.92 Å². The second kappa shape index (κ2) is 5.96. The van der Waals surface area contributed by atoms with Crippen LogP contribution in [0.15, 0.2) is 23.0 Å². The molecule has 0 aliphatic carbocycles.